The monoisotopic (exact) mass is 247 g/mol. The molecule has 0 aliphatic rings. The van der Waals surface area contributed by atoms with Gasteiger partial charge in [-0.3, -0.25) is 14.4 Å². The van der Waals surface area contributed by atoms with Crippen molar-refractivity contribution < 1.29 is 14.4 Å². The summed E-state index contributed by atoms with van der Waals surface area (Å²) in [5.74, 6) is -1.77. The van der Waals surface area contributed by atoms with E-state index in [2.05, 4.69) is 5.32 Å². The first-order chi connectivity index (χ1) is 8.29. The fourth-order valence-corrected chi connectivity index (χ4v) is 1.36. The molecule has 18 heavy (non-hydrogen) atoms. The smallest absolute Gasteiger partial charge is 0.288 e. The summed E-state index contributed by atoms with van der Waals surface area (Å²) in [5, 5.41) is 2.54. The second-order valence-corrected chi connectivity index (χ2v) is 5.09. The van der Waals surface area contributed by atoms with Crippen LogP contribution in [0.15, 0.2) is 30.3 Å². The zero-order chi connectivity index (χ0) is 13.8. The van der Waals surface area contributed by atoms with Gasteiger partial charge in [-0.05, 0) is 20.8 Å². The van der Waals surface area contributed by atoms with Gasteiger partial charge < -0.3 is 5.32 Å². The van der Waals surface area contributed by atoms with Crippen molar-refractivity contribution in [1.29, 1.82) is 0 Å². The van der Waals surface area contributed by atoms with Crippen molar-refractivity contribution in [2.45, 2.75) is 32.7 Å². The maximum Gasteiger partial charge on any atom is 0.288 e. The van der Waals surface area contributed by atoms with Crippen molar-refractivity contribution in [3.8, 4) is 0 Å². The number of Topliss-reactive ketones (excluding diaryl/α,β-unsaturated/α-hetero) is 2. The number of carbonyl (C=O) groups is 3. The van der Waals surface area contributed by atoms with E-state index in [9.17, 15) is 14.4 Å². The van der Waals surface area contributed by atoms with Crippen LogP contribution in [0, 0.1) is 0 Å². The van der Waals surface area contributed by atoms with Crippen molar-refractivity contribution in [1.82, 2.24) is 5.32 Å². The molecule has 0 aliphatic carbocycles. The van der Waals surface area contributed by atoms with Crippen LogP contribution in [-0.2, 0) is 9.59 Å². The largest absolute Gasteiger partial charge is 0.345 e. The normalized spacial score (nSPS) is 10.8. The molecule has 4 heteroatoms. The first kappa shape index (κ1) is 14.1. The zero-order valence-corrected chi connectivity index (χ0v) is 10.8. The van der Waals surface area contributed by atoms with Crippen LogP contribution in [0.25, 0.3) is 0 Å². The predicted octanol–water partition coefficient (Wildman–Crippen LogP) is 1.74. The molecule has 0 radical (unpaired) electrons. The summed E-state index contributed by atoms with van der Waals surface area (Å²) >= 11 is 0. The maximum atomic E-state index is 11.7. The molecule has 0 spiro atoms. The molecule has 1 N–H and O–H groups in total. The quantitative estimate of drug-likeness (QED) is 0.501. The summed E-state index contributed by atoms with van der Waals surface area (Å²) < 4.78 is 0. The lowest BCUT2D eigenvalue weighted by atomic mass is 10.0. The minimum Gasteiger partial charge on any atom is -0.345 e. The van der Waals surface area contributed by atoms with Crippen LogP contribution in [0.2, 0.25) is 0 Å². The third-order valence-electron chi connectivity index (χ3n) is 2.16. The first-order valence-corrected chi connectivity index (χ1v) is 5.73. The Morgan fingerprint density at radius 3 is 2.11 bits per heavy atom. The number of nitrogens with one attached hydrogen (secondary N) is 1. The molecule has 0 saturated carbocycles. The van der Waals surface area contributed by atoms with E-state index in [1.807, 2.05) is 0 Å². The van der Waals surface area contributed by atoms with Gasteiger partial charge in [-0.1, -0.05) is 30.3 Å². The van der Waals surface area contributed by atoms with Crippen LogP contribution in [0.3, 0.4) is 0 Å². The summed E-state index contributed by atoms with van der Waals surface area (Å²) in [6.45, 7) is 5.32. The van der Waals surface area contributed by atoms with Crippen molar-refractivity contribution in [3.63, 3.8) is 0 Å². The Morgan fingerprint density at radius 2 is 1.61 bits per heavy atom. The highest BCUT2D eigenvalue weighted by Crippen LogP contribution is 2.04. The average molecular weight is 247 g/mol. The molecule has 0 heterocycles. The molecule has 0 atom stereocenters. The molecule has 0 fully saturated rings. The Labute approximate surface area is 106 Å². The van der Waals surface area contributed by atoms with Crippen LogP contribution in [0.4, 0.5) is 0 Å². The number of benzene rings is 1. The maximum absolute atomic E-state index is 11.7. The van der Waals surface area contributed by atoms with Crippen molar-refractivity contribution in [2.75, 3.05) is 0 Å². The van der Waals surface area contributed by atoms with Gasteiger partial charge in [0.2, 0.25) is 5.78 Å². The number of amides is 1. The molecular formula is C14H17NO3. The molecule has 1 rings (SSSR count). The fraction of sp³-hybridized carbons (Fsp3) is 0.357. The molecule has 4 nitrogen and oxygen atoms in total. The van der Waals surface area contributed by atoms with Gasteiger partial charge in [-0.2, -0.15) is 0 Å². The summed E-state index contributed by atoms with van der Waals surface area (Å²) in [7, 11) is 0. The van der Waals surface area contributed by atoms with Gasteiger partial charge in [0.1, 0.15) is 0 Å². The van der Waals surface area contributed by atoms with Crippen LogP contribution in [0.1, 0.15) is 37.6 Å². The highest BCUT2D eigenvalue weighted by atomic mass is 16.2. The van der Waals surface area contributed by atoms with E-state index >= 15 is 0 Å². The van der Waals surface area contributed by atoms with E-state index in [-0.39, 0.29) is 5.78 Å². The number of carbonyl (C=O) groups excluding carboxylic acids is 3. The number of hydrogen-bond acceptors (Lipinski definition) is 3. The highest BCUT2D eigenvalue weighted by molar-refractivity contribution is 6.40. The highest BCUT2D eigenvalue weighted by Gasteiger charge is 2.22. The SMILES string of the molecule is CC(C)(C)NC(=O)C(=O)CC(=O)c1ccccc1. The molecule has 0 aliphatic heterocycles. The number of hydrogen-bond donors (Lipinski definition) is 1. The molecule has 96 valence electrons. The first-order valence-electron chi connectivity index (χ1n) is 5.73. The van der Waals surface area contributed by atoms with Crippen LogP contribution in [-0.4, -0.2) is 23.0 Å². The Morgan fingerprint density at radius 1 is 1.06 bits per heavy atom. The number of ketones is 2. The second-order valence-electron chi connectivity index (χ2n) is 5.09. The van der Waals surface area contributed by atoms with Crippen molar-refractivity contribution in [3.05, 3.63) is 35.9 Å². The molecule has 0 unspecified atom stereocenters. The molecular weight excluding hydrogens is 230 g/mol. The third kappa shape index (κ3) is 4.49. The second kappa shape index (κ2) is 5.58. The summed E-state index contributed by atoms with van der Waals surface area (Å²) in [4.78, 5) is 34.8. The predicted molar refractivity (Wildman–Crippen MR) is 68.3 cm³/mol. The van der Waals surface area contributed by atoms with Gasteiger partial charge in [0.05, 0.1) is 6.42 Å². The molecule has 0 aromatic heterocycles. The van der Waals surface area contributed by atoms with Crippen molar-refractivity contribution in [2.24, 2.45) is 0 Å². The van der Waals surface area contributed by atoms with Crippen molar-refractivity contribution >= 4 is 17.5 Å². The molecule has 1 aromatic carbocycles. The van der Waals surface area contributed by atoms with E-state index in [0.717, 1.165) is 0 Å². The van der Waals surface area contributed by atoms with Gasteiger partial charge in [0.25, 0.3) is 5.91 Å². The van der Waals surface area contributed by atoms with Crippen LogP contribution in [0.5, 0.6) is 0 Å². The van der Waals surface area contributed by atoms with E-state index in [1.54, 1.807) is 51.1 Å². The summed E-state index contributed by atoms with van der Waals surface area (Å²) in [5.41, 5.74) is -0.0443. The molecule has 0 saturated heterocycles. The number of rotatable bonds is 4. The van der Waals surface area contributed by atoms with Crippen LogP contribution >= 0.6 is 0 Å². The molecule has 1 aromatic rings. The summed E-state index contributed by atoms with van der Waals surface area (Å²) in [6.07, 6.45) is -0.397. The third-order valence-corrected chi connectivity index (χ3v) is 2.16. The standard InChI is InChI=1S/C14H17NO3/c1-14(2,3)15-13(18)12(17)9-11(16)10-7-5-4-6-8-10/h4-8H,9H2,1-3H3,(H,15,18). The Bertz CT molecular complexity index is 458. The van der Waals surface area contributed by atoms with Gasteiger partial charge in [-0.15, -0.1) is 0 Å². The van der Waals surface area contributed by atoms with E-state index < -0.39 is 23.7 Å². The molecule has 0 bridgehead atoms. The molecule has 1 amide bonds. The zero-order valence-electron chi connectivity index (χ0n) is 10.8. The van der Waals surface area contributed by atoms with E-state index in [0.29, 0.717) is 5.56 Å². The van der Waals surface area contributed by atoms with Gasteiger partial charge >= 0.3 is 0 Å². The van der Waals surface area contributed by atoms with Crippen LogP contribution < -0.4 is 5.32 Å². The van der Waals surface area contributed by atoms with Gasteiger partial charge in [0.15, 0.2) is 5.78 Å². The Kier molecular flexibility index (Phi) is 4.37. The van der Waals surface area contributed by atoms with E-state index in [4.69, 9.17) is 0 Å². The van der Waals surface area contributed by atoms with Gasteiger partial charge in [0, 0.05) is 11.1 Å². The fourth-order valence-electron chi connectivity index (χ4n) is 1.36. The lowest BCUT2D eigenvalue weighted by Gasteiger charge is -2.19. The Balaban J connectivity index is 2.61. The average Bonchev–Trinajstić information content (AvgIpc) is 2.27. The minimum absolute atomic E-state index is 0.343. The lowest BCUT2D eigenvalue weighted by Crippen LogP contribution is -2.44. The van der Waals surface area contributed by atoms with Gasteiger partial charge in [-0.25, -0.2) is 0 Å². The summed E-state index contributed by atoms with van der Waals surface area (Å²) in [6, 6.07) is 8.46. The minimum atomic E-state index is -0.716. The lowest BCUT2D eigenvalue weighted by molar-refractivity contribution is -0.138. The topological polar surface area (TPSA) is 63.2 Å². The Hall–Kier alpha value is -1.97. The van der Waals surface area contributed by atoms with E-state index in [1.165, 1.54) is 0 Å².